The Morgan fingerprint density at radius 1 is 0.440 bits per heavy atom. The van der Waals surface area contributed by atoms with Crippen molar-refractivity contribution >= 4 is 5.95 Å². The lowest BCUT2D eigenvalue weighted by Crippen LogP contribution is -2.53. The zero-order valence-corrected chi connectivity index (χ0v) is 73.0. The molecule has 4 saturated heterocycles. The zero-order valence-electron chi connectivity index (χ0n) is 73.0. The first kappa shape index (κ1) is 91.3. The molecule has 0 aliphatic carbocycles. The second-order valence-corrected chi connectivity index (χ2v) is 33.5. The number of nitrogens with one attached hydrogen (secondary N) is 5. The number of benzene rings is 8. The number of nitrogens with zero attached hydrogens (tertiary/aromatic N) is 12. The van der Waals surface area contributed by atoms with Crippen LogP contribution in [0.15, 0.2) is 237 Å². The third-order valence-electron chi connectivity index (χ3n) is 23.7. The van der Waals surface area contributed by atoms with E-state index in [1.807, 2.05) is 103 Å². The monoisotopic (exact) mass is 1690 g/mol. The van der Waals surface area contributed by atoms with E-state index in [1.165, 1.54) is 23.1 Å². The van der Waals surface area contributed by atoms with Gasteiger partial charge in [-0.1, -0.05) is 116 Å². The summed E-state index contributed by atoms with van der Waals surface area (Å²) in [6.45, 7) is 26.6. The maximum atomic E-state index is 14.7. The number of aromatic nitrogens is 8. The number of aromatic hydroxyl groups is 4. The second-order valence-electron chi connectivity index (χ2n) is 33.5. The van der Waals surface area contributed by atoms with Crippen molar-refractivity contribution in [3.63, 3.8) is 0 Å². The van der Waals surface area contributed by atoms with Crippen LogP contribution in [0.2, 0.25) is 0 Å². The SMILES string of the molecule is CCN(Cc1cccc(-c2ccnc(CCCc3cccc(O)c3)n2)c1)C[C@@H]1CCNC1.C[C@@H]1CN(Cc2ccc(F)c(-c3ccnc(CCCc4ccc(O)cc4)n3)c2)[C@@H](C)CN1.C[C@H]1CNCCN1Cc1cccc(-c2ccnc(CCCc3cccc(O)c3)n2)c1.NCC1CNCCN1Cc1cccc(-c2ccnc(NCCc3ccc(O)cc3)n2)c1. The van der Waals surface area contributed by atoms with E-state index in [0.717, 1.165) is 254 Å². The molecular weight excluding hydrogens is 1560 g/mol. The molecule has 8 aromatic carbocycles. The predicted molar refractivity (Wildman–Crippen MR) is 499 cm³/mol. The number of nitrogens with two attached hydrogens (primary N) is 1. The molecule has 5 atom stereocenters. The van der Waals surface area contributed by atoms with E-state index >= 15 is 0 Å². The second kappa shape index (κ2) is 47.7. The van der Waals surface area contributed by atoms with Crippen molar-refractivity contribution in [1.82, 2.24) is 80.7 Å². The van der Waals surface area contributed by atoms with Gasteiger partial charge in [0.05, 0.1) is 22.8 Å². The summed E-state index contributed by atoms with van der Waals surface area (Å²) in [6.07, 6.45) is 17.2. The highest BCUT2D eigenvalue weighted by atomic mass is 19.1. The minimum atomic E-state index is -0.260. The van der Waals surface area contributed by atoms with Crippen LogP contribution in [0, 0.1) is 11.7 Å². The largest absolute Gasteiger partial charge is 0.508 e. The summed E-state index contributed by atoms with van der Waals surface area (Å²) in [5.74, 6) is 4.78. The summed E-state index contributed by atoms with van der Waals surface area (Å²) < 4.78 is 14.7. The summed E-state index contributed by atoms with van der Waals surface area (Å²) in [6, 6.07) is 70.3. The van der Waals surface area contributed by atoms with E-state index in [0.29, 0.717) is 65.8 Å². The number of aryl methyl sites for hydroxylation is 6. The van der Waals surface area contributed by atoms with Gasteiger partial charge < -0.3 is 52.7 Å². The third-order valence-corrected chi connectivity index (χ3v) is 23.7. The molecule has 0 amide bonds. The number of phenols is 4. The number of anilines is 1. The van der Waals surface area contributed by atoms with Crippen LogP contribution >= 0.6 is 0 Å². The summed E-state index contributed by atoms with van der Waals surface area (Å²) in [5, 5.41) is 55.2. The van der Waals surface area contributed by atoms with E-state index in [4.69, 9.17) is 20.7 Å². The van der Waals surface area contributed by atoms with Gasteiger partial charge in [-0.15, -0.1) is 0 Å². The van der Waals surface area contributed by atoms with Crippen LogP contribution in [0.1, 0.15) is 115 Å². The first-order chi connectivity index (χ1) is 61.0. The predicted octanol–water partition coefficient (Wildman–Crippen LogP) is 14.9. The normalized spacial score (nSPS) is 17.3. The van der Waals surface area contributed by atoms with Gasteiger partial charge in [0.2, 0.25) is 5.95 Å². The van der Waals surface area contributed by atoms with Crippen LogP contribution in [-0.2, 0) is 71.1 Å². The molecule has 4 aliphatic rings. The van der Waals surface area contributed by atoms with Gasteiger partial charge in [0.15, 0.2) is 0 Å². The smallest absolute Gasteiger partial charge is 0.223 e. The molecule has 22 nitrogen and oxygen atoms in total. The van der Waals surface area contributed by atoms with Gasteiger partial charge in [0.25, 0.3) is 0 Å². The van der Waals surface area contributed by atoms with E-state index in [2.05, 4.69) is 172 Å². The van der Waals surface area contributed by atoms with Crippen molar-refractivity contribution in [3.8, 4) is 68.0 Å². The number of hydrogen-bond donors (Lipinski definition) is 10. The Hall–Kier alpha value is -11.4. The van der Waals surface area contributed by atoms with Gasteiger partial charge in [-0.2, -0.15) is 0 Å². The Bertz CT molecular complexity index is 5300. The standard InChI is InChI=1S/C27H34N4O.C26H31FN4O.C25H30N4O.C24H30N6O/c1-2-31(20-23-12-14-28-18-23)19-22-8-3-9-24(16-22)26-13-15-29-27(30-26)11-5-7-21-6-4-10-25(32)17-21;1-18-16-31(19(2)15-29-18)17-21-8-11-24(27)23(14-21)25-12-13-28-26(30-25)5-3-4-20-6-9-22(32)10-7-20;1-19-17-26-13-14-29(19)18-21-7-2-8-22(15-21)24-11-12-27-25(28-24)10-4-6-20-5-3-9-23(30)16-20;25-15-21-16-26-12-13-30(21)17-19-2-1-3-20(14-19)23-9-11-28-24(29-23)27-10-8-18-4-6-22(31)7-5-18/h3-4,6,8-10,13,15-17,23,28,32H,2,5,7,11-12,14,18-20H2,1H3;6-14,18-19,29,32H,3-5,15-17H2,1-2H3;2-3,5,7-9,11-12,15-16,19,26,30H,4,6,10,13-14,17-18H2,1H3;1-7,9,11,14,21,26,31H,8,10,12-13,15-17,25H2,(H,27,28,29)/t23-;18-,19+;19-;/m110./s1. The quantitative estimate of drug-likeness (QED) is 0.0188. The first-order valence-corrected chi connectivity index (χ1v) is 44.8. The Labute approximate surface area is 737 Å². The molecule has 4 fully saturated rings. The van der Waals surface area contributed by atoms with Crippen LogP contribution in [-0.4, -0.2) is 196 Å². The Kier molecular flexibility index (Phi) is 34.8. The molecule has 23 heteroatoms. The Morgan fingerprint density at radius 2 is 0.912 bits per heavy atom. The zero-order chi connectivity index (χ0) is 86.9. The van der Waals surface area contributed by atoms with Gasteiger partial charge in [-0.05, 0) is 245 Å². The molecule has 12 aromatic rings. The topological polar surface area (TPSA) is 283 Å². The molecule has 11 N–H and O–H groups in total. The Balaban J connectivity index is 0.000000143. The molecule has 4 aliphatic heterocycles. The van der Waals surface area contributed by atoms with Crippen molar-refractivity contribution in [1.29, 1.82) is 0 Å². The third kappa shape index (κ3) is 29.1. The summed E-state index contributed by atoms with van der Waals surface area (Å²) >= 11 is 0. The molecule has 0 radical (unpaired) electrons. The lowest BCUT2D eigenvalue weighted by Gasteiger charge is -2.37. The highest BCUT2D eigenvalue weighted by molar-refractivity contribution is 5.63. The maximum absolute atomic E-state index is 14.7. The number of rotatable bonds is 32. The number of halogens is 1. The summed E-state index contributed by atoms with van der Waals surface area (Å²) in [5.41, 5.74) is 23.0. The van der Waals surface area contributed by atoms with E-state index in [9.17, 15) is 24.8 Å². The number of hydrogen-bond acceptors (Lipinski definition) is 22. The minimum Gasteiger partial charge on any atom is -0.508 e. The van der Waals surface area contributed by atoms with Crippen LogP contribution < -0.4 is 32.3 Å². The van der Waals surface area contributed by atoms with Crippen molar-refractivity contribution in [3.05, 3.63) is 305 Å². The lowest BCUT2D eigenvalue weighted by atomic mass is 10.0. The highest BCUT2D eigenvalue weighted by Crippen LogP contribution is 2.29. The van der Waals surface area contributed by atoms with E-state index in [1.54, 1.807) is 60.9 Å². The van der Waals surface area contributed by atoms with Gasteiger partial charge in [0, 0.05) is 189 Å². The summed E-state index contributed by atoms with van der Waals surface area (Å²) in [4.78, 5) is 46.6. The maximum Gasteiger partial charge on any atom is 0.223 e. The molecule has 654 valence electrons. The van der Waals surface area contributed by atoms with Crippen LogP contribution in [0.5, 0.6) is 23.0 Å². The molecule has 16 rings (SSSR count). The number of piperazine rings is 3. The Morgan fingerprint density at radius 3 is 1.48 bits per heavy atom. The van der Waals surface area contributed by atoms with Crippen molar-refractivity contribution in [2.75, 3.05) is 96.9 Å². The molecule has 0 spiro atoms. The minimum absolute atomic E-state index is 0.260. The molecule has 4 aromatic heterocycles. The van der Waals surface area contributed by atoms with Gasteiger partial charge in [0.1, 0.15) is 46.3 Å². The first-order valence-electron chi connectivity index (χ1n) is 44.8. The van der Waals surface area contributed by atoms with Crippen molar-refractivity contribution in [2.24, 2.45) is 11.7 Å². The van der Waals surface area contributed by atoms with Crippen LogP contribution in [0.25, 0.3) is 45.0 Å². The molecule has 0 bridgehead atoms. The molecule has 8 heterocycles. The van der Waals surface area contributed by atoms with Crippen LogP contribution in [0.3, 0.4) is 0 Å². The van der Waals surface area contributed by atoms with Crippen molar-refractivity contribution in [2.45, 2.75) is 149 Å². The number of phenolic OH excluding ortho intramolecular Hbond substituents is 4. The molecular formula is C102H125FN18O4. The average Bonchev–Trinajstić information content (AvgIpc) is 1.31. The van der Waals surface area contributed by atoms with Crippen molar-refractivity contribution < 1.29 is 24.8 Å². The lowest BCUT2D eigenvalue weighted by molar-refractivity contribution is 0.139. The fraction of sp³-hybridized carbons (Fsp3) is 0.373. The fourth-order valence-electron chi connectivity index (χ4n) is 16.6. The molecule has 0 saturated carbocycles. The van der Waals surface area contributed by atoms with Gasteiger partial charge >= 0.3 is 0 Å². The van der Waals surface area contributed by atoms with Gasteiger partial charge in [-0.25, -0.2) is 44.3 Å². The highest BCUT2D eigenvalue weighted by Gasteiger charge is 2.26. The molecule has 1 unspecified atom stereocenters. The van der Waals surface area contributed by atoms with E-state index in [-0.39, 0.29) is 17.3 Å². The van der Waals surface area contributed by atoms with Crippen LogP contribution in [0.4, 0.5) is 10.3 Å². The van der Waals surface area contributed by atoms with E-state index < -0.39 is 0 Å². The van der Waals surface area contributed by atoms with Gasteiger partial charge in [-0.3, -0.25) is 19.6 Å². The summed E-state index contributed by atoms with van der Waals surface area (Å²) in [7, 11) is 0. The average molecular weight is 1690 g/mol. The molecule has 125 heavy (non-hydrogen) atoms. The fourth-order valence-corrected chi connectivity index (χ4v) is 16.6.